The summed E-state index contributed by atoms with van der Waals surface area (Å²) in [5.74, 6) is -0.626. The monoisotopic (exact) mass is 295 g/mol. The van der Waals surface area contributed by atoms with E-state index in [4.69, 9.17) is 10.5 Å². The van der Waals surface area contributed by atoms with Crippen LogP contribution in [0, 0.1) is 5.82 Å². The van der Waals surface area contributed by atoms with Gasteiger partial charge in [-0.1, -0.05) is 0 Å². The van der Waals surface area contributed by atoms with Crippen molar-refractivity contribution in [2.75, 3.05) is 24.1 Å². The number of rotatable bonds is 3. The lowest BCUT2D eigenvalue weighted by Gasteiger charge is -2.38. The molecule has 0 saturated carbocycles. The van der Waals surface area contributed by atoms with Crippen molar-refractivity contribution in [2.45, 2.75) is 39.0 Å². The number of nitrogens with two attached hydrogens (primary N) is 1. The lowest BCUT2D eigenvalue weighted by Crippen LogP contribution is -2.52. The van der Waals surface area contributed by atoms with Gasteiger partial charge in [0, 0.05) is 18.8 Å². The minimum Gasteiger partial charge on any atom is -0.396 e. The van der Waals surface area contributed by atoms with Crippen LogP contribution in [-0.4, -0.2) is 42.1 Å². The van der Waals surface area contributed by atoms with Crippen LogP contribution in [-0.2, 0) is 9.53 Å². The molecule has 1 aromatic rings. The number of benzene rings is 1. The van der Waals surface area contributed by atoms with Gasteiger partial charge in [0.2, 0.25) is 5.91 Å². The highest BCUT2D eigenvalue weighted by atomic mass is 19.1. The molecule has 2 rings (SSSR count). The van der Waals surface area contributed by atoms with E-state index in [9.17, 15) is 9.18 Å². The van der Waals surface area contributed by atoms with Gasteiger partial charge in [0.15, 0.2) is 0 Å². The summed E-state index contributed by atoms with van der Waals surface area (Å²) >= 11 is 0. The topological polar surface area (TPSA) is 67.6 Å². The molecule has 0 radical (unpaired) electrons. The van der Waals surface area contributed by atoms with Gasteiger partial charge in [-0.25, -0.2) is 4.39 Å². The Morgan fingerprint density at radius 3 is 2.62 bits per heavy atom. The van der Waals surface area contributed by atoms with Crippen LogP contribution < -0.4 is 11.1 Å². The van der Waals surface area contributed by atoms with Gasteiger partial charge in [-0.05, 0) is 39.0 Å². The molecule has 0 aliphatic carbocycles. The van der Waals surface area contributed by atoms with E-state index in [1.165, 1.54) is 18.2 Å². The fraction of sp³-hybridized carbons (Fsp3) is 0.533. The lowest BCUT2D eigenvalue weighted by atomic mass is 10.1. The minimum atomic E-state index is -0.489. The quantitative estimate of drug-likeness (QED) is 0.835. The summed E-state index contributed by atoms with van der Waals surface area (Å²) in [5, 5.41) is 2.77. The number of anilines is 2. The van der Waals surface area contributed by atoms with Gasteiger partial charge in [-0.15, -0.1) is 0 Å². The van der Waals surface area contributed by atoms with Gasteiger partial charge in [-0.2, -0.15) is 0 Å². The molecule has 1 unspecified atom stereocenters. The molecular formula is C15H22FN3O2. The van der Waals surface area contributed by atoms with Crippen molar-refractivity contribution in [1.82, 2.24) is 4.90 Å². The zero-order valence-corrected chi connectivity index (χ0v) is 12.6. The number of hydrogen-bond acceptors (Lipinski definition) is 4. The van der Waals surface area contributed by atoms with Crippen molar-refractivity contribution in [3.8, 4) is 0 Å². The summed E-state index contributed by atoms with van der Waals surface area (Å²) in [4.78, 5) is 14.4. The maximum Gasteiger partial charge on any atom is 0.241 e. The van der Waals surface area contributed by atoms with Crippen molar-refractivity contribution in [3.63, 3.8) is 0 Å². The second-order valence-corrected chi connectivity index (χ2v) is 5.61. The zero-order valence-electron chi connectivity index (χ0n) is 12.6. The number of nitrogen functional groups attached to an aromatic ring is 1. The second kappa shape index (κ2) is 6.41. The van der Waals surface area contributed by atoms with Gasteiger partial charge in [0.05, 0.1) is 23.9 Å². The highest BCUT2D eigenvalue weighted by Gasteiger charge is 2.29. The molecule has 3 N–H and O–H groups in total. The van der Waals surface area contributed by atoms with Crippen LogP contribution in [0.25, 0.3) is 0 Å². The molecule has 21 heavy (non-hydrogen) atoms. The van der Waals surface area contributed by atoms with E-state index >= 15 is 0 Å². The first kappa shape index (κ1) is 15.7. The molecule has 116 valence electrons. The average molecular weight is 295 g/mol. The van der Waals surface area contributed by atoms with E-state index in [0.717, 1.165) is 0 Å². The number of amides is 1. The van der Waals surface area contributed by atoms with Crippen LogP contribution in [0.2, 0.25) is 0 Å². The van der Waals surface area contributed by atoms with Crippen molar-refractivity contribution >= 4 is 17.3 Å². The Bertz CT molecular complexity index is 514. The Hall–Kier alpha value is -1.66. The van der Waals surface area contributed by atoms with Gasteiger partial charge in [0.1, 0.15) is 5.82 Å². The Labute approximate surface area is 124 Å². The van der Waals surface area contributed by atoms with Crippen molar-refractivity contribution < 1.29 is 13.9 Å². The summed E-state index contributed by atoms with van der Waals surface area (Å²) in [5.41, 5.74) is 6.02. The molecule has 1 aromatic carbocycles. The Balaban J connectivity index is 2.00. The summed E-state index contributed by atoms with van der Waals surface area (Å²) in [6, 6.07) is 3.88. The Kier molecular flexibility index (Phi) is 4.80. The number of nitrogens with one attached hydrogen (secondary N) is 1. The fourth-order valence-electron chi connectivity index (χ4n) is 2.57. The third-order valence-electron chi connectivity index (χ3n) is 3.64. The molecule has 0 aromatic heterocycles. The summed E-state index contributed by atoms with van der Waals surface area (Å²) < 4.78 is 18.8. The van der Waals surface area contributed by atoms with Gasteiger partial charge in [-0.3, -0.25) is 9.69 Å². The molecule has 1 saturated heterocycles. The third-order valence-corrected chi connectivity index (χ3v) is 3.64. The molecule has 5 nitrogen and oxygen atoms in total. The summed E-state index contributed by atoms with van der Waals surface area (Å²) in [6.45, 7) is 7.27. The highest BCUT2D eigenvalue weighted by Crippen LogP contribution is 2.18. The maximum absolute atomic E-state index is 13.1. The van der Waals surface area contributed by atoms with Crippen molar-refractivity contribution in [3.05, 3.63) is 24.0 Å². The fourth-order valence-corrected chi connectivity index (χ4v) is 2.57. The predicted molar refractivity (Wildman–Crippen MR) is 80.5 cm³/mol. The molecule has 0 bridgehead atoms. The van der Waals surface area contributed by atoms with Crippen LogP contribution in [0.1, 0.15) is 20.8 Å². The number of carbonyl (C=O) groups excluding carboxylic acids is 1. The molecule has 6 heteroatoms. The van der Waals surface area contributed by atoms with Gasteiger partial charge < -0.3 is 15.8 Å². The van der Waals surface area contributed by atoms with Crippen LogP contribution in [0.15, 0.2) is 18.2 Å². The standard InChI is InChI=1S/C15H22FN3O2/c1-9-7-19(8-10(2)21-9)11(3)15(20)18-12-4-5-13(16)14(17)6-12/h4-6,9-11H,7-8,17H2,1-3H3,(H,18,20)/t9-,10+,11?. The Morgan fingerprint density at radius 1 is 1.43 bits per heavy atom. The first-order chi connectivity index (χ1) is 9.86. The molecule has 3 atom stereocenters. The van der Waals surface area contributed by atoms with E-state index in [-0.39, 0.29) is 29.8 Å². The second-order valence-electron chi connectivity index (χ2n) is 5.61. The molecule has 1 aliphatic rings. The molecule has 0 spiro atoms. The number of nitrogens with zero attached hydrogens (tertiary/aromatic N) is 1. The van der Waals surface area contributed by atoms with Crippen LogP contribution in [0.4, 0.5) is 15.8 Å². The number of carbonyl (C=O) groups is 1. The first-order valence-electron chi connectivity index (χ1n) is 7.12. The molecule has 1 amide bonds. The van der Waals surface area contributed by atoms with Crippen molar-refractivity contribution in [2.24, 2.45) is 0 Å². The normalized spacial score (nSPS) is 24.6. The van der Waals surface area contributed by atoms with E-state index in [2.05, 4.69) is 10.2 Å². The average Bonchev–Trinajstić information content (AvgIpc) is 2.41. The van der Waals surface area contributed by atoms with E-state index in [1.807, 2.05) is 20.8 Å². The van der Waals surface area contributed by atoms with Gasteiger partial charge >= 0.3 is 0 Å². The van der Waals surface area contributed by atoms with E-state index in [0.29, 0.717) is 18.8 Å². The zero-order chi connectivity index (χ0) is 15.6. The predicted octanol–water partition coefficient (Wildman–Crippen LogP) is 1.84. The largest absolute Gasteiger partial charge is 0.396 e. The Morgan fingerprint density at radius 2 is 2.05 bits per heavy atom. The number of hydrogen-bond donors (Lipinski definition) is 2. The lowest BCUT2D eigenvalue weighted by molar-refractivity contribution is -0.126. The minimum absolute atomic E-state index is 0.0223. The van der Waals surface area contributed by atoms with E-state index < -0.39 is 5.82 Å². The van der Waals surface area contributed by atoms with Crippen LogP contribution in [0.5, 0.6) is 0 Å². The number of halogens is 1. The van der Waals surface area contributed by atoms with Crippen LogP contribution in [0.3, 0.4) is 0 Å². The summed E-state index contributed by atoms with van der Waals surface area (Å²) in [7, 11) is 0. The smallest absolute Gasteiger partial charge is 0.241 e. The highest BCUT2D eigenvalue weighted by molar-refractivity contribution is 5.94. The SMILES string of the molecule is CC(C(=O)Nc1ccc(F)c(N)c1)N1C[C@@H](C)O[C@@H](C)C1. The molecule has 1 aliphatic heterocycles. The molecule has 1 heterocycles. The first-order valence-corrected chi connectivity index (χ1v) is 7.12. The number of morpholine rings is 1. The van der Waals surface area contributed by atoms with Crippen LogP contribution >= 0.6 is 0 Å². The van der Waals surface area contributed by atoms with E-state index in [1.54, 1.807) is 0 Å². The molecule has 1 fully saturated rings. The molecular weight excluding hydrogens is 273 g/mol. The van der Waals surface area contributed by atoms with Gasteiger partial charge in [0.25, 0.3) is 0 Å². The summed E-state index contributed by atoms with van der Waals surface area (Å²) in [6.07, 6.45) is 0.205. The van der Waals surface area contributed by atoms with Crippen molar-refractivity contribution in [1.29, 1.82) is 0 Å². The third kappa shape index (κ3) is 3.92. The number of ether oxygens (including phenoxy) is 1. The maximum atomic E-state index is 13.1.